The highest BCUT2D eigenvalue weighted by atomic mass is 16.2. The molecule has 92 valence electrons. The molecule has 0 saturated heterocycles. The Kier molecular flexibility index (Phi) is 6.86. The first-order valence-electron chi connectivity index (χ1n) is 5.03. The van der Waals surface area contributed by atoms with Crippen LogP contribution in [0.1, 0.15) is 13.8 Å². The summed E-state index contributed by atoms with van der Waals surface area (Å²) in [5, 5.41) is 9.65. The fourth-order valence-corrected chi connectivity index (χ4v) is 0.852. The standard InChI is InChI=1S/C9H18N4O3/c1-4-11-9(16)13-8(15)6(2)12-5-7(14)10-3/h6,12H,4-5H2,1-3H3,(H,10,14)(H2,11,13,15,16). The van der Waals surface area contributed by atoms with Gasteiger partial charge in [0.15, 0.2) is 0 Å². The summed E-state index contributed by atoms with van der Waals surface area (Å²) < 4.78 is 0. The van der Waals surface area contributed by atoms with E-state index in [9.17, 15) is 14.4 Å². The van der Waals surface area contributed by atoms with E-state index in [1.165, 1.54) is 7.05 Å². The first kappa shape index (κ1) is 14.4. The molecule has 0 aliphatic rings. The molecule has 0 heterocycles. The van der Waals surface area contributed by atoms with Crippen LogP contribution in [0.25, 0.3) is 0 Å². The quantitative estimate of drug-likeness (QED) is 0.464. The SMILES string of the molecule is CCNC(=O)NC(=O)C(C)NCC(=O)NC. The van der Waals surface area contributed by atoms with Crippen molar-refractivity contribution in [2.75, 3.05) is 20.1 Å². The number of carbonyl (C=O) groups is 3. The normalized spacial score (nSPS) is 11.4. The summed E-state index contributed by atoms with van der Waals surface area (Å²) in [6, 6.07) is -1.15. The van der Waals surface area contributed by atoms with E-state index in [2.05, 4.69) is 21.3 Å². The van der Waals surface area contributed by atoms with E-state index in [1.54, 1.807) is 13.8 Å². The molecule has 0 aromatic rings. The van der Waals surface area contributed by atoms with Crippen LogP contribution in [0.2, 0.25) is 0 Å². The van der Waals surface area contributed by atoms with Gasteiger partial charge < -0.3 is 10.6 Å². The first-order valence-corrected chi connectivity index (χ1v) is 5.03. The van der Waals surface area contributed by atoms with E-state index in [4.69, 9.17) is 0 Å². The highest BCUT2D eigenvalue weighted by Crippen LogP contribution is 1.81. The minimum absolute atomic E-state index is 0.0283. The molecule has 1 unspecified atom stereocenters. The Bertz CT molecular complexity index is 267. The topological polar surface area (TPSA) is 99.3 Å². The summed E-state index contributed by atoms with van der Waals surface area (Å²) in [7, 11) is 1.50. The van der Waals surface area contributed by atoms with Gasteiger partial charge in [-0.2, -0.15) is 0 Å². The van der Waals surface area contributed by atoms with E-state index < -0.39 is 18.0 Å². The number of imide groups is 1. The third-order valence-electron chi connectivity index (χ3n) is 1.81. The van der Waals surface area contributed by atoms with Crippen molar-refractivity contribution in [2.45, 2.75) is 19.9 Å². The van der Waals surface area contributed by atoms with Crippen molar-refractivity contribution in [3.8, 4) is 0 Å². The van der Waals surface area contributed by atoms with E-state index in [0.717, 1.165) is 0 Å². The van der Waals surface area contributed by atoms with Crippen molar-refractivity contribution in [1.29, 1.82) is 0 Å². The van der Waals surface area contributed by atoms with Crippen molar-refractivity contribution in [1.82, 2.24) is 21.3 Å². The monoisotopic (exact) mass is 230 g/mol. The van der Waals surface area contributed by atoms with Crippen LogP contribution < -0.4 is 21.3 Å². The Morgan fingerprint density at radius 3 is 2.38 bits per heavy atom. The number of likely N-dealkylation sites (N-methyl/N-ethyl adjacent to an activating group) is 1. The molecule has 16 heavy (non-hydrogen) atoms. The summed E-state index contributed by atoms with van der Waals surface area (Å²) in [6.45, 7) is 3.79. The van der Waals surface area contributed by atoms with E-state index in [1.807, 2.05) is 0 Å². The number of carbonyl (C=O) groups excluding carboxylic acids is 3. The molecule has 0 saturated carbocycles. The first-order chi connectivity index (χ1) is 7.51. The minimum atomic E-state index is -0.611. The number of amides is 4. The molecule has 0 rings (SSSR count). The number of urea groups is 1. The molecule has 4 N–H and O–H groups in total. The molecule has 0 fully saturated rings. The van der Waals surface area contributed by atoms with Crippen LogP contribution in [0.3, 0.4) is 0 Å². The summed E-state index contributed by atoms with van der Waals surface area (Å²) >= 11 is 0. The van der Waals surface area contributed by atoms with Crippen LogP contribution in [-0.4, -0.2) is 44.0 Å². The maximum Gasteiger partial charge on any atom is 0.321 e. The summed E-state index contributed by atoms with van der Waals surface area (Å²) in [6.07, 6.45) is 0. The summed E-state index contributed by atoms with van der Waals surface area (Å²) in [5.74, 6) is -0.701. The van der Waals surface area contributed by atoms with Crippen LogP contribution in [0, 0.1) is 0 Å². The van der Waals surface area contributed by atoms with Crippen molar-refractivity contribution in [3.05, 3.63) is 0 Å². The van der Waals surface area contributed by atoms with E-state index in [-0.39, 0.29) is 12.5 Å². The maximum absolute atomic E-state index is 11.4. The van der Waals surface area contributed by atoms with Crippen LogP contribution in [-0.2, 0) is 9.59 Å². The maximum atomic E-state index is 11.4. The Morgan fingerprint density at radius 2 is 1.88 bits per heavy atom. The zero-order valence-electron chi connectivity index (χ0n) is 9.72. The van der Waals surface area contributed by atoms with Gasteiger partial charge in [0.25, 0.3) is 0 Å². The Balaban J connectivity index is 3.90. The smallest absolute Gasteiger partial charge is 0.321 e. The zero-order chi connectivity index (χ0) is 12.6. The van der Waals surface area contributed by atoms with E-state index >= 15 is 0 Å². The predicted molar refractivity (Wildman–Crippen MR) is 58.7 cm³/mol. The van der Waals surface area contributed by atoms with Crippen molar-refractivity contribution in [3.63, 3.8) is 0 Å². The van der Waals surface area contributed by atoms with Gasteiger partial charge in [-0.25, -0.2) is 4.79 Å². The average Bonchev–Trinajstić information content (AvgIpc) is 2.25. The molecular weight excluding hydrogens is 212 g/mol. The molecule has 0 bridgehead atoms. The van der Waals surface area contributed by atoms with Crippen molar-refractivity contribution in [2.24, 2.45) is 0 Å². The predicted octanol–water partition coefficient (Wildman–Crippen LogP) is -1.44. The van der Waals surface area contributed by atoms with Crippen molar-refractivity contribution >= 4 is 17.8 Å². The second kappa shape index (κ2) is 7.63. The second-order valence-electron chi connectivity index (χ2n) is 3.12. The van der Waals surface area contributed by atoms with Crippen LogP contribution in [0.5, 0.6) is 0 Å². The molecule has 7 heteroatoms. The van der Waals surface area contributed by atoms with Gasteiger partial charge in [0.1, 0.15) is 0 Å². The number of hydrogen-bond donors (Lipinski definition) is 4. The fraction of sp³-hybridized carbons (Fsp3) is 0.667. The van der Waals surface area contributed by atoms with Gasteiger partial charge in [-0.05, 0) is 13.8 Å². The largest absolute Gasteiger partial charge is 0.358 e. The average molecular weight is 230 g/mol. The van der Waals surface area contributed by atoms with Crippen LogP contribution in [0.4, 0.5) is 4.79 Å². The number of rotatable bonds is 5. The Morgan fingerprint density at radius 1 is 1.25 bits per heavy atom. The minimum Gasteiger partial charge on any atom is -0.358 e. The highest BCUT2D eigenvalue weighted by molar-refractivity contribution is 5.97. The fourth-order valence-electron chi connectivity index (χ4n) is 0.852. The molecule has 0 aromatic heterocycles. The van der Waals surface area contributed by atoms with E-state index in [0.29, 0.717) is 6.54 Å². The third-order valence-corrected chi connectivity index (χ3v) is 1.81. The van der Waals surface area contributed by atoms with Crippen LogP contribution in [0.15, 0.2) is 0 Å². The van der Waals surface area contributed by atoms with Crippen LogP contribution >= 0.6 is 0 Å². The van der Waals surface area contributed by atoms with Gasteiger partial charge in [0.2, 0.25) is 11.8 Å². The molecule has 4 amide bonds. The summed E-state index contributed by atoms with van der Waals surface area (Å²) in [5.41, 5.74) is 0. The molecule has 0 spiro atoms. The van der Waals surface area contributed by atoms with Crippen molar-refractivity contribution < 1.29 is 14.4 Å². The number of hydrogen-bond acceptors (Lipinski definition) is 4. The van der Waals surface area contributed by atoms with Gasteiger partial charge in [0.05, 0.1) is 12.6 Å². The zero-order valence-corrected chi connectivity index (χ0v) is 9.72. The van der Waals surface area contributed by atoms with Gasteiger partial charge in [-0.3, -0.25) is 20.2 Å². The lowest BCUT2D eigenvalue weighted by Crippen LogP contribution is -2.49. The Labute approximate surface area is 94.3 Å². The lowest BCUT2D eigenvalue weighted by molar-refractivity contribution is -0.122. The molecule has 0 aliphatic carbocycles. The van der Waals surface area contributed by atoms with Gasteiger partial charge in [-0.15, -0.1) is 0 Å². The second-order valence-corrected chi connectivity index (χ2v) is 3.12. The van der Waals surface area contributed by atoms with Gasteiger partial charge >= 0.3 is 6.03 Å². The highest BCUT2D eigenvalue weighted by Gasteiger charge is 2.15. The number of nitrogens with one attached hydrogen (secondary N) is 4. The summed E-state index contributed by atoms with van der Waals surface area (Å²) in [4.78, 5) is 33.2. The molecule has 0 aromatic carbocycles. The van der Waals surface area contributed by atoms with Gasteiger partial charge in [-0.1, -0.05) is 0 Å². The molecular formula is C9H18N4O3. The Hall–Kier alpha value is -1.63. The van der Waals surface area contributed by atoms with Gasteiger partial charge in [0, 0.05) is 13.6 Å². The molecule has 7 nitrogen and oxygen atoms in total. The third kappa shape index (κ3) is 5.97. The molecule has 0 radical (unpaired) electrons. The lowest BCUT2D eigenvalue weighted by atomic mass is 10.3. The molecule has 0 aliphatic heterocycles. The molecule has 1 atom stereocenters. The lowest BCUT2D eigenvalue weighted by Gasteiger charge is -2.12.